The molecule has 1 unspecified atom stereocenters. The Bertz CT molecular complexity index is 764. The van der Waals surface area contributed by atoms with Gasteiger partial charge in [-0.2, -0.15) is 0 Å². The number of benzene rings is 1. The molecule has 0 aliphatic heterocycles. The largest absolute Gasteiger partial charge is 0.459 e. The van der Waals surface area contributed by atoms with Crippen LogP contribution in [0, 0.1) is 6.92 Å². The lowest BCUT2D eigenvalue weighted by Crippen LogP contribution is -2.30. The molecule has 0 spiro atoms. The number of hydrogen-bond donors (Lipinski definition) is 2. The summed E-state index contributed by atoms with van der Waals surface area (Å²) in [5, 5.41) is 1.08. The van der Waals surface area contributed by atoms with Gasteiger partial charge in [-0.15, -0.1) is 0 Å². The molecule has 1 aromatic carbocycles. The van der Waals surface area contributed by atoms with E-state index in [0.717, 1.165) is 40.0 Å². The highest BCUT2D eigenvalue weighted by atomic mass is 16.3. The number of pyridine rings is 1. The Kier molecular flexibility index (Phi) is 3.73. The molecular formula is C17H19N3O. The highest BCUT2D eigenvalue weighted by molar-refractivity contribution is 5.81. The number of aromatic nitrogens is 1. The molecule has 2 aromatic heterocycles. The van der Waals surface area contributed by atoms with Gasteiger partial charge in [0, 0.05) is 11.6 Å². The summed E-state index contributed by atoms with van der Waals surface area (Å²) in [6, 6.07) is 11.9. The van der Waals surface area contributed by atoms with Crippen molar-refractivity contribution < 1.29 is 4.42 Å². The number of rotatable bonds is 4. The number of furan rings is 1. The number of nitrogens with zero attached hydrogens (tertiary/aromatic N) is 1. The van der Waals surface area contributed by atoms with Crippen LogP contribution in [0.4, 0.5) is 0 Å². The summed E-state index contributed by atoms with van der Waals surface area (Å²) in [5.41, 5.74) is 6.94. The first-order chi connectivity index (χ1) is 10.2. The van der Waals surface area contributed by atoms with Crippen LogP contribution in [0.3, 0.4) is 0 Å². The molecule has 4 heteroatoms. The molecule has 0 saturated heterocycles. The molecule has 21 heavy (non-hydrogen) atoms. The van der Waals surface area contributed by atoms with Gasteiger partial charge in [0.1, 0.15) is 17.4 Å². The van der Waals surface area contributed by atoms with Crippen molar-refractivity contribution in [1.82, 2.24) is 10.4 Å². The zero-order valence-corrected chi connectivity index (χ0v) is 12.3. The average molecular weight is 281 g/mol. The van der Waals surface area contributed by atoms with Gasteiger partial charge >= 0.3 is 0 Å². The highest BCUT2D eigenvalue weighted by Crippen LogP contribution is 2.30. The summed E-state index contributed by atoms with van der Waals surface area (Å²) in [7, 11) is 0. The smallest absolute Gasteiger partial charge is 0.137 e. The lowest BCUT2D eigenvalue weighted by Gasteiger charge is -2.15. The number of hydrazine groups is 1. The van der Waals surface area contributed by atoms with Crippen LogP contribution in [0.1, 0.15) is 35.5 Å². The van der Waals surface area contributed by atoms with Gasteiger partial charge in [0.15, 0.2) is 0 Å². The molecule has 1 atom stereocenters. The summed E-state index contributed by atoms with van der Waals surface area (Å²) in [6.45, 7) is 4.15. The fraction of sp³-hybridized carbons (Fsp3) is 0.235. The van der Waals surface area contributed by atoms with Gasteiger partial charge in [0.2, 0.25) is 0 Å². The Morgan fingerprint density at radius 3 is 2.86 bits per heavy atom. The maximum atomic E-state index is 6.02. The SMILES string of the molecule is CCc1cccnc1C(NN)c1cc2cccc(C)c2o1. The second-order valence-corrected chi connectivity index (χ2v) is 5.14. The van der Waals surface area contributed by atoms with Crippen LogP contribution in [0.2, 0.25) is 0 Å². The fourth-order valence-corrected chi connectivity index (χ4v) is 2.68. The minimum absolute atomic E-state index is 0.243. The van der Waals surface area contributed by atoms with E-state index in [1.807, 2.05) is 37.3 Å². The molecule has 0 radical (unpaired) electrons. The Balaban J connectivity index is 2.12. The lowest BCUT2D eigenvalue weighted by molar-refractivity contribution is 0.468. The Morgan fingerprint density at radius 2 is 2.14 bits per heavy atom. The third kappa shape index (κ3) is 2.44. The van der Waals surface area contributed by atoms with Crippen molar-refractivity contribution in [3.8, 4) is 0 Å². The summed E-state index contributed by atoms with van der Waals surface area (Å²) < 4.78 is 6.02. The molecule has 0 aliphatic rings. The average Bonchev–Trinajstić information content (AvgIpc) is 2.94. The second-order valence-electron chi connectivity index (χ2n) is 5.14. The predicted molar refractivity (Wildman–Crippen MR) is 83.7 cm³/mol. The molecule has 108 valence electrons. The minimum Gasteiger partial charge on any atom is -0.459 e. The first kappa shape index (κ1) is 13.8. The molecule has 3 aromatic rings. The first-order valence-electron chi connectivity index (χ1n) is 7.13. The van der Waals surface area contributed by atoms with Crippen LogP contribution < -0.4 is 11.3 Å². The first-order valence-corrected chi connectivity index (χ1v) is 7.13. The van der Waals surface area contributed by atoms with E-state index < -0.39 is 0 Å². The fourth-order valence-electron chi connectivity index (χ4n) is 2.68. The number of nitrogens with one attached hydrogen (secondary N) is 1. The zero-order chi connectivity index (χ0) is 14.8. The van der Waals surface area contributed by atoms with E-state index in [9.17, 15) is 0 Å². The van der Waals surface area contributed by atoms with E-state index in [2.05, 4.69) is 23.4 Å². The van der Waals surface area contributed by atoms with Crippen molar-refractivity contribution in [2.45, 2.75) is 26.3 Å². The van der Waals surface area contributed by atoms with Gasteiger partial charge in [-0.25, -0.2) is 5.43 Å². The van der Waals surface area contributed by atoms with E-state index in [1.165, 1.54) is 0 Å². The Morgan fingerprint density at radius 1 is 1.29 bits per heavy atom. The zero-order valence-electron chi connectivity index (χ0n) is 12.3. The lowest BCUT2D eigenvalue weighted by atomic mass is 10.0. The molecule has 4 nitrogen and oxygen atoms in total. The topological polar surface area (TPSA) is 64.1 Å². The standard InChI is InChI=1S/C17H19N3O/c1-3-12-8-5-9-19-15(12)16(20-18)14-10-13-7-4-6-11(2)17(13)21-14/h4-10,16,20H,3,18H2,1-2H3. The molecule has 3 rings (SSSR count). The Hall–Kier alpha value is -2.17. The van der Waals surface area contributed by atoms with Crippen LogP contribution in [0.5, 0.6) is 0 Å². The van der Waals surface area contributed by atoms with Crippen molar-refractivity contribution in [3.63, 3.8) is 0 Å². The van der Waals surface area contributed by atoms with Crippen LogP contribution in [-0.4, -0.2) is 4.98 Å². The van der Waals surface area contributed by atoms with Crippen LogP contribution >= 0.6 is 0 Å². The quantitative estimate of drug-likeness (QED) is 0.569. The monoisotopic (exact) mass is 281 g/mol. The van der Waals surface area contributed by atoms with Crippen molar-refractivity contribution in [3.05, 3.63) is 65.2 Å². The van der Waals surface area contributed by atoms with E-state index >= 15 is 0 Å². The van der Waals surface area contributed by atoms with E-state index in [4.69, 9.17) is 10.3 Å². The summed E-state index contributed by atoms with van der Waals surface area (Å²) in [5.74, 6) is 6.56. The van der Waals surface area contributed by atoms with Gasteiger partial charge in [-0.1, -0.05) is 31.2 Å². The predicted octanol–water partition coefficient (Wildman–Crippen LogP) is 3.25. The number of nitrogens with two attached hydrogens (primary N) is 1. The molecule has 0 amide bonds. The summed E-state index contributed by atoms with van der Waals surface area (Å²) in [6.07, 6.45) is 2.69. The molecule has 0 fully saturated rings. The third-order valence-electron chi connectivity index (χ3n) is 3.79. The van der Waals surface area contributed by atoms with Crippen LogP contribution in [0.25, 0.3) is 11.0 Å². The summed E-state index contributed by atoms with van der Waals surface area (Å²) in [4.78, 5) is 4.49. The highest BCUT2D eigenvalue weighted by Gasteiger charge is 2.21. The molecule has 0 bridgehead atoms. The molecule has 0 saturated carbocycles. The maximum Gasteiger partial charge on any atom is 0.137 e. The van der Waals surface area contributed by atoms with E-state index in [-0.39, 0.29) is 6.04 Å². The molecule has 0 aliphatic carbocycles. The number of fused-ring (bicyclic) bond motifs is 1. The van der Waals surface area contributed by atoms with Gasteiger partial charge in [0.05, 0.1) is 5.69 Å². The van der Waals surface area contributed by atoms with Gasteiger partial charge < -0.3 is 4.42 Å². The van der Waals surface area contributed by atoms with Gasteiger partial charge in [-0.3, -0.25) is 10.8 Å². The van der Waals surface area contributed by atoms with Crippen molar-refractivity contribution in [2.75, 3.05) is 0 Å². The van der Waals surface area contributed by atoms with Gasteiger partial charge in [0.25, 0.3) is 0 Å². The van der Waals surface area contributed by atoms with Crippen molar-refractivity contribution in [2.24, 2.45) is 5.84 Å². The van der Waals surface area contributed by atoms with E-state index in [0.29, 0.717) is 0 Å². The normalized spacial score (nSPS) is 12.7. The number of hydrogen-bond acceptors (Lipinski definition) is 4. The van der Waals surface area contributed by atoms with Gasteiger partial charge in [-0.05, 0) is 36.6 Å². The number of para-hydroxylation sites is 1. The number of aryl methyl sites for hydroxylation is 2. The van der Waals surface area contributed by atoms with Crippen LogP contribution in [0.15, 0.2) is 47.0 Å². The summed E-state index contributed by atoms with van der Waals surface area (Å²) >= 11 is 0. The van der Waals surface area contributed by atoms with Crippen LogP contribution in [-0.2, 0) is 6.42 Å². The van der Waals surface area contributed by atoms with Crippen molar-refractivity contribution >= 4 is 11.0 Å². The molecule has 3 N–H and O–H groups in total. The van der Waals surface area contributed by atoms with E-state index in [1.54, 1.807) is 6.20 Å². The maximum absolute atomic E-state index is 6.02. The molecule has 2 heterocycles. The second kappa shape index (κ2) is 5.68. The Labute approximate surface area is 124 Å². The third-order valence-corrected chi connectivity index (χ3v) is 3.79. The minimum atomic E-state index is -0.243. The van der Waals surface area contributed by atoms with Crippen molar-refractivity contribution in [1.29, 1.82) is 0 Å². The molecular weight excluding hydrogens is 262 g/mol.